The molecule has 1 saturated heterocycles. The van der Waals surface area contributed by atoms with Gasteiger partial charge in [-0.3, -0.25) is 4.79 Å². The van der Waals surface area contributed by atoms with Gasteiger partial charge in [0, 0.05) is 19.0 Å². The molecule has 1 atom stereocenters. The third kappa shape index (κ3) is 3.00. The van der Waals surface area contributed by atoms with Crippen LogP contribution in [0.15, 0.2) is 17.8 Å². The zero-order valence-corrected chi connectivity index (χ0v) is 12.4. The van der Waals surface area contributed by atoms with Gasteiger partial charge < -0.3 is 10.0 Å². The number of hydrogen-bond donors (Lipinski definition) is 2. The van der Waals surface area contributed by atoms with Gasteiger partial charge in [-0.1, -0.05) is 12.5 Å². The Bertz CT molecular complexity index is 530. The lowest BCUT2D eigenvalue weighted by Gasteiger charge is -2.22. The number of amides is 1. The van der Waals surface area contributed by atoms with E-state index in [0.29, 0.717) is 25.2 Å². The summed E-state index contributed by atoms with van der Waals surface area (Å²) in [5.74, 6) is 0.778. The van der Waals surface area contributed by atoms with Crippen molar-refractivity contribution in [2.75, 3.05) is 13.1 Å². The highest BCUT2D eigenvalue weighted by atomic mass is 16.3. The van der Waals surface area contributed by atoms with Crippen molar-refractivity contribution in [2.24, 2.45) is 5.92 Å². The fourth-order valence-corrected chi connectivity index (χ4v) is 3.16. The smallest absolute Gasteiger partial charge is 0.246 e. The van der Waals surface area contributed by atoms with Crippen LogP contribution < -0.4 is 0 Å². The molecule has 0 unspecified atom stereocenters. The molecule has 1 amide bonds. The van der Waals surface area contributed by atoms with Crippen molar-refractivity contribution in [2.45, 2.75) is 44.6 Å². The second-order valence-corrected chi connectivity index (χ2v) is 6.38. The van der Waals surface area contributed by atoms with Crippen LogP contribution in [0.3, 0.4) is 0 Å². The van der Waals surface area contributed by atoms with Gasteiger partial charge in [-0.15, -0.1) is 0 Å². The number of aliphatic hydroxyl groups is 1. The van der Waals surface area contributed by atoms with Crippen LogP contribution in [0, 0.1) is 5.92 Å². The molecule has 0 spiro atoms. The molecule has 21 heavy (non-hydrogen) atoms. The van der Waals surface area contributed by atoms with Crippen molar-refractivity contribution in [3.8, 4) is 0 Å². The van der Waals surface area contributed by atoms with Crippen LogP contribution in [-0.2, 0) is 10.4 Å². The molecule has 6 heteroatoms. The number of H-pyrrole nitrogens is 1. The molecule has 2 heterocycles. The van der Waals surface area contributed by atoms with Crippen molar-refractivity contribution in [1.82, 2.24) is 20.3 Å². The first kappa shape index (κ1) is 14.3. The average molecular weight is 290 g/mol. The maximum Gasteiger partial charge on any atom is 0.246 e. The summed E-state index contributed by atoms with van der Waals surface area (Å²) in [5, 5.41) is 20.8. The molecular weight excluding hydrogens is 268 g/mol. The molecule has 1 aromatic rings. The molecule has 0 bridgehead atoms. The van der Waals surface area contributed by atoms with Gasteiger partial charge in [0.15, 0.2) is 0 Å². The maximum atomic E-state index is 12.3. The molecule has 114 valence electrons. The Morgan fingerprint density at radius 1 is 1.52 bits per heavy atom. The number of nitrogens with zero attached hydrogens (tertiary/aromatic N) is 3. The average Bonchev–Trinajstić information content (AvgIpc) is 3.11. The maximum absolute atomic E-state index is 12.3. The van der Waals surface area contributed by atoms with Crippen molar-refractivity contribution < 1.29 is 9.90 Å². The highest BCUT2D eigenvalue weighted by molar-refractivity contribution is 5.88. The van der Waals surface area contributed by atoms with E-state index in [1.807, 2.05) is 0 Å². The zero-order chi connectivity index (χ0) is 14.9. The normalized spacial score (nSPS) is 29.7. The summed E-state index contributed by atoms with van der Waals surface area (Å²) in [6, 6.07) is 0. The fraction of sp³-hybridized carbons (Fsp3) is 0.667. The summed E-state index contributed by atoms with van der Waals surface area (Å²) >= 11 is 0. The van der Waals surface area contributed by atoms with E-state index < -0.39 is 5.60 Å². The van der Waals surface area contributed by atoms with Crippen molar-refractivity contribution in [3.05, 3.63) is 23.5 Å². The number of nitrogens with one attached hydrogen (secondary N) is 1. The summed E-state index contributed by atoms with van der Waals surface area (Å²) in [7, 11) is 0. The minimum Gasteiger partial charge on any atom is -0.381 e. The number of rotatable bonds is 2. The third-order valence-corrected chi connectivity index (χ3v) is 4.70. The summed E-state index contributed by atoms with van der Waals surface area (Å²) in [6.07, 6.45) is 8.19. The van der Waals surface area contributed by atoms with Gasteiger partial charge in [-0.2, -0.15) is 15.4 Å². The Balaban J connectivity index is 1.63. The van der Waals surface area contributed by atoms with E-state index in [4.69, 9.17) is 0 Å². The number of carbonyl (C=O) groups excluding carboxylic acids is 1. The topological polar surface area (TPSA) is 82.1 Å². The minimum absolute atomic E-state index is 0.0129. The van der Waals surface area contributed by atoms with E-state index in [1.54, 1.807) is 11.0 Å². The molecule has 0 radical (unpaired) electrons. The van der Waals surface area contributed by atoms with Crippen LogP contribution >= 0.6 is 0 Å². The van der Waals surface area contributed by atoms with Crippen LogP contribution in [0.1, 0.15) is 44.7 Å². The van der Waals surface area contributed by atoms with E-state index in [1.165, 1.54) is 24.6 Å². The fourth-order valence-electron chi connectivity index (χ4n) is 3.16. The number of carbonyl (C=O) groups is 1. The predicted octanol–water partition coefficient (Wildman–Crippen LogP) is 1.36. The van der Waals surface area contributed by atoms with Crippen molar-refractivity contribution in [3.63, 3.8) is 0 Å². The second kappa shape index (κ2) is 5.60. The Morgan fingerprint density at radius 3 is 2.95 bits per heavy atom. The largest absolute Gasteiger partial charge is 0.381 e. The van der Waals surface area contributed by atoms with Crippen molar-refractivity contribution in [1.29, 1.82) is 0 Å². The zero-order valence-electron chi connectivity index (χ0n) is 12.4. The summed E-state index contributed by atoms with van der Waals surface area (Å²) in [4.78, 5) is 14.1. The van der Waals surface area contributed by atoms with Gasteiger partial charge in [-0.05, 0) is 31.6 Å². The van der Waals surface area contributed by atoms with Gasteiger partial charge in [0.25, 0.3) is 0 Å². The van der Waals surface area contributed by atoms with Gasteiger partial charge in [-0.25, -0.2) is 0 Å². The Morgan fingerprint density at radius 2 is 2.29 bits per heavy atom. The van der Waals surface area contributed by atoms with Crippen LogP contribution in [0.5, 0.6) is 0 Å². The minimum atomic E-state index is -1.07. The first-order chi connectivity index (χ1) is 10.1. The number of aromatic nitrogens is 3. The third-order valence-electron chi connectivity index (χ3n) is 4.70. The van der Waals surface area contributed by atoms with E-state index >= 15 is 0 Å². The molecule has 2 fully saturated rings. The number of allylic oxidation sites excluding steroid dienone is 1. The van der Waals surface area contributed by atoms with E-state index in [9.17, 15) is 9.90 Å². The van der Waals surface area contributed by atoms with Crippen LogP contribution in [0.25, 0.3) is 0 Å². The lowest BCUT2D eigenvalue weighted by Crippen LogP contribution is -2.34. The molecule has 1 aliphatic carbocycles. The number of β-amino-alcohol motifs (C(OH)–C–C–N with tert-alkyl or cyclic N) is 1. The number of aromatic amines is 1. The molecule has 1 aliphatic heterocycles. The number of hydrogen-bond acceptors (Lipinski definition) is 4. The van der Waals surface area contributed by atoms with Gasteiger partial charge in [0.05, 0.1) is 12.7 Å². The summed E-state index contributed by atoms with van der Waals surface area (Å²) in [5.41, 5.74) is 0.689. The molecular formula is C15H22N4O2. The lowest BCUT2D eigenvalue weighted by atomic mass is 9.87. The molecule has 0 aromatic carbocycles. The van der Waals surface area contributed by atoms with Crippen LogP contribution in [0.4, 0.5) is 0 Å². The highest BCUT2D eigenvalue weighted by Crippen LogP contribution is 2.31. The SMILES string of the molecule is CC1CCC(=CC(=O)N2CC[C@](O)(c3cn[nH]n3)C2)CC1. The molecule has 6 nitrogen and oxygen atoms in total. The molecule has 3 rings (SSSR count). The first-order valence-corrected chi connectivity index (χ1v) is 7.64. The molecule has 1 aromatic heterocycles. The lowest BCUT2D eigenvalue weighted by molar-refractivity contribution is -0.126. The van der Waals surface area contributed by atoms with Gasteiger partial charge >= 0.3 is 0 Å². The molecule has 1 saturated carbocycles. The van der Waals surface area contributed by atoms with E-state index in [0.717, 1.165) is 18.8 Å². The van der Waals surface area contributed by atoms with Crippen molar-refractivity contribution >= 4 is 5.91 Å². The molecule has 2 aliphatic rings. The summed E-state index contributed by atoms with van der Waals surface area (Å²) < 4.78 is 0. The first-order valence-electron chi connectivity index (χ1n) is 7.64. The monoisotopic (exact) mass is 290 g/mol. The Hall–Kier alpha value is -1.69. The van der Waals surface area contributed by atoms with E-state index in [-0.39, 0.29) is 5.91 Å². The van der Waals surface area contributed by atoms with Gasteiger partial charge in [0.2, 0.25) is 5.91 Å². The van der Waals surface area contributed by atoms with Crippen LogP contribution in [-0.4, -0.2) is 44.4 Å². The standard InChI is InChI=1S/C15H22N4O2/c1-11-2-4-12(5-3-11)8-14(20)19-7-6-15(21,10-19)13-9-16-18-17-13/h8-9,11,21H,2-7,10H2,1H3,(H,16,17,18)/t11?,15-/m1/s1. The Kier molecular flexibility index (Phi) is 3.80. The number of likely N-dealkylation sites (tertiary alicyclic amines) is 1. The predicted molar refractivity (Wildman–Crippen MR) is 77.2 cm³/mol. The molecule has 2 N–H and O–H groups in total. The van der Waals surface area contributed by atoms with Gasteiger partial charge in [0.1, 0.15) is 11.3 Å². The second-order valence-electron chi connectivity index (χ2n) is 6.38. The highest BCUT2D eigenvalue weighted by Gasteiger charge is 2.41. The van der Waals surface area contributed by atoms with Crippen LogP contribution in [0.2, 0.25) is 0 Å². The van der Waals surface area contributed by atoms with E-state index in [2.05, 4.69) is 22.3 Å². The Labute approximate surface area is 124 Å². The summed E-state index contributed by atoms with van der Waals surface area (Å²) in [6.45, 7) is 3.11. The quantitative estimate of drug-likeness (QED) is 0.806.